The molecule has 0 saturated heterocycles. The van der Waals surface area contributed by atoms with E-state index >= 15 is 0 Å². The van der Waals surface area contributed by atoms with Crippen LogP contribution in [0.3, 0.4) is 0 Å². The number of halogens is 2. The summed E-state index contributed by atoms with van der Waals surface area (Å²) in [4.78, 5) is 42.4. The molecule has 2 aromatic carbocycles. The minimum atomic E-state index is -0.516. The molecule has 0 N–H and O–H groups in total. The highest BCUT2D eigenvalue weighted by molar-refractivity contribution is 7.20. The van der Waals surface area contributed by atoms with E-state index in [1.807, 2.05) is 31.2 Å². The third kappa shape index (κ3) is 4.12. The van der Waals surface area contributed by atoms with Gasteiger partial charge in [-0.15, -0.1) is 11.3 Å². The lowest BCUT2D eigenvalue weighted by molar-refractivity contribution is 0.0831. The molecule has 0 aliphatic heterocycles. The first-order valence-electron chi connectivity index (χ1n) is 10.1. The molecule has 170 valence electrons. The van der Waals surface area contributed by atoms with E-state index in [0.29, 0.717) is 31.4 Å². The lowest BCUT2D eigenvalue weighted by Gasteiger charge is -2.13. The molecule has 4 rings (SSSR count). The van der Waals surface area contributed by atoms with Crippen LogP contribution >= 0.6 is 34.5 Å². The van der Waals surface area contributed by atoms with Crippen LogP contribution in [-0.2, 0) is 6.54 Å². The van der Waals surface area contributed by atoms with E-state index in [2.05, 4.69) is 0 Å². The third-order valence-electron chi connectivity index (χ3n) is 5.40. The second-order valence-electron chi connectivity index (χ2n) is 8.03. The molecule has 9 heteroatoms. The Morgan fingerprint density at radius 3 is 2.39 bits per heavy atom. The van der Waals surface area contributed by atoms with Crippen molar-refractivity contribution >= 4 is 50.7 Å². The first-order valence-corrected chi connectivity index (χ1v) is 11.7. The van der Waals surface area contributed by atoms with Gasteiger partial charge in [0.1, 0.15) is 4.83 Å². The topological polar surface area (TPSA) is 64.3 Å². The Bertz CT molecular complexity index is 1530. The normalized spacial score (nSPS) is 11.2. The number of benzene rings is 2. The van der Waals surface area contributed by atoms with E-state index in [4.69, 9.17) is 23.2 Å². The zero-order valence-corrected chi connectivity index (χ0v) is 20.8. The predicted octanol–water partition coefficient (Wildman–Crippen LogP) is 4.89. The monoisotopic (exact) mass is 501 g/mol. The maximum absolute atomic E-state index is 13.7. The van der Waals surface area contributed by atoms with Crippen molar-refractivity contribution < 1.29 is 4.79 Å². The van der Waals surface area contributed by atoms with Crippen LogP contribution in [0, 0.1) is 13.8 Å². The molecule has 0 spiro atoms. The first-order chi connectivity index (χ1) is 15.6. The first kappa shape index (κ1) is 23.3. The Hall–Kier alpha value is -2.87. The predicted molar refractivity (Wildman–Crippen MR) is 135 cm³/mol. The highest BCUT2D eigenvalue weighted by atomic mass is 35.5. The maximum Gasteiger partial charge on any atom is 0.337 e. The van der Waals surface area contributed by atoms with Gasteiger partial charge in [0.05, 0.1) is 32.5 Å². The molecule has 0 aliphatic carbocycles. The molecule has 1 amide bonds. The van der Waals surface area contributed by atoms with Gasteiger partial charge < -0.3 is 4.90 Å². The van der Waals surface area contributed by atoms with Gasteiger partial charge in [0.2, 0.25) is 0 Å². The van der Waals surface area contributed by atoms with Crippen molar-refractivity contribution in [3.05, 3.63) is 94.9 Å². The summed E-state index contributed by atoms with van der Waals surface area (Å²) in [6, 6.07) is 12.4. The van der Waals surface area contributed by atoms with Crippen LogP contribution in [0.25, 0.3) is 15.9 Å². The largest absolute Gasteiger partial charge is 0.344 e. The Balaban J connectivity index is 2.09. The van der Waals surface area contributed by atoms with Gasteiger partial charge in [0.15, 0.2) is 0 Å². The van der Waals surface area contributed by atoms with Crippen molar-refractivity contribution in [1.82, 2.24) is 14.0 Å². The van der Waals surface area contributed by atoms with Crippen molar-refractivity contribution in [3.63, 3.8) is 0 Å². The number of amides is 1. The molecule has 4 aromatic rings. The average molecular weight is 502 g/mol. The second-order valence-corrected chi connectivity index (χ2v) is 9.85. The fraction of sp³-hybridized carbons (Fsp3) is 0.208. The summed E-state index contributed by atoms with van der Waals surface area (Å²) in [5.74, 6) is -0.219. The molecule has 0 aliphatic rings. The van der Waals surface area contributed by atoms with Gasteiger partial charge >= 0.3 is 5.69 Å². The molecule has 0 fully saturated rings. The molecule has 0 saturated carbocycles. The Morgan fingerprint density at radius 1 is 1.03 bits per heavy atom. The van der Waals surface area contributed by atoms with Gasteiger partial charge in [0.25, 0.3) is 11.5 Å². The Morgan fingerprint density at radius 2 is 1.76 bits per heavy atom. The summed E-state index contributed by atoms with van der Waals surface area (Å²) in [6.07, 6.45) is 0. The molecule has 2 heterocycles. The summed E-state index contributed by atoms with van der Waals surface area (Å²) >= 11 is 13.4. The van der Waals surface area contributed by atoms with Crippen molar-refractivity contribution in [1.29, 1.82) is 0 Å². The zero-order valence-electron chi connectivity index (χ0n) is 18.5. The molecule has 33 heavy (non-hydrogen) atoms. The number of carbonyl (C=O) groups is 1. The van der Waals surface area contributed by atoms with Crippen LogP contribution in [0.5, 0.6) is 0 Å². The highest BCUT2D eigenvalue weighted by Gasteiger charge is 2.24. The molecule has 0 unspecified atom stereocenters. The molecular formula is C24H21Cl2N3O3S. The van der Waals surface area contributed by atoms with Crippen LogP contribution in [0.15, 0.2) is 52.1 Å². The molecular weight excluding hydrogens is 481 g/mol. The van der Waals surface area contributed by atoms with Gasteiger partial charge in [0, 0.05) is 14.1 Å². The summed E-state index contributed by atoms with van der Waals surface area (Å²) in [7, 11) is 3.31. The fourth-order valence-electron chi connectivity index (χ4n) is 3.74. The zero-order chi connectivity index (χ0) is 24.0. The number of hydrogen-bond donors (Lipinski definition) is 0. The van der Waals surface area contributed by atoms with Gasteiger partial charge in [-0.1, -0.05) is 53.0 Å². The fourth-order valence-corrected chi connectivity index (χ4v) is 5.34. The minimum absolute atomic E-state index is 0.219. The number of aromatic nitrogens is 2. The van der Waals surface area contributed by atoms with Crippen LogP contribution in [0.1, 0.15) is 26.4 Å². The van der Waals surface area contributed by atoms with E-state index in [0.717, 1.165) is 27.0 Å². The summed E-state index contributed by atoms with van der Waals surface area (Å²) in [6.45, 7) is 3.95. The summed E-state index contributed by atoms with van der Waals surface area (Å²) in [5, 5.41) is 0.889. The average Bonchev–Trinajstić information content (AvgIpc) is 3.10. The van der Waals surface area contributed by atoms with Crippen LogP contribution < -0.4 is 11.2 Å². The lowest BCUT2D eigenvalue weighted by atomic mass is 10.1. The van der Waals surface area contributed by atoms with E-state index in [9.17, 15) is 14.4 Å². The van der Waals surface area contributed by atoms with Crippen LogP contribution in [0.4, 0.5) is 0 Å². The van der Waals surface area contributed by atoms with Crippen LogP contribution in [0.2, 0.25) is 10.0 Å². The van der Waals surface area contributed by atoms with E-state index < -0.39 is 11.2 Å². The van der Waals surface area contributed by atoms with Crippen molar-refractivity contribution in [3.8, 4) is 5.69 Å². The lowest BCUT2D eigenvalue weighted by Crippen LogP contribution is -2.39. The molecule has 0 bridgehead atoms. The van der Waals surface area contributed by atoms with E-state index in [-0.39, 0.29) is 17.5 Å². The SMILES string of the molecule is Cc1cccc(Cn2c(=O)n(-c3ccc(Cl)c(Cl)c3)c(=O)c3c(C)c(C(=O)N(C)C)sc32)c1. The van der Waals surface area contributed by atoms with Gasteiger partial charge in [-0.25, -0.2) is 9.36 Å². The molecule has 2 aromatic heterocycles. The van der Waals surface area contributed by atoms with Gasteiger partial charge in [-0.2, -0.15) is 0 Å². The second kappa shape index (κ2) is 8.82. The number of rotatable bonds is 4. The van der Waals surface area contributed by atoms with Gasteiger partial charge in [-0.05, 0) is 43.2 Å². The number of fused-ring (bicyclic) bond motifs is 1. The summed E-state index contributed by atoms with van der Waals surface area (Å²) in [5.41, 5.74) is 1.80. The third-order valence-corrected chi connectivity index (χ3v) is 7.44. The summed E-state index contributed by atoms with van der Waals surface area (Å²) < 4.78 is 2.63. The highest BCUT2D eigenvalue weighted by Crippen LogP contribution is 2.30. The van der Waals surface area contributed by atoms with Gasteiger partial charge in [-0.3, -0.25) is 14.2 Å². The smallest absolute Gasteiger partial charge is 0.337 e. The molecule has 0 radical (unpaired) electrons. The number of carbonyl (C=O) groups excluding carboxylic acids is 1. The van der Waals surface area contributed by atoms with Crippen molar-refractivity contribution in [2.75, 3.05) is 14.1 Å². The Labute approximate surface area is 204 Å². The number of aryl methyl sites for hydroxylation is 2. The minimum Gasteiger partial charge on any atom is -0.344 e. The number of hydrogen-bond acceptors (Lipinski definition) is 4. The molecule has 0 atom stereocenters. The van der Waals surface area contributed by atoms with Crippen molar-refractivity contribution in [2.24, 2.45) is 0 Å². The van der Waals surface area contributed by atoms with E-state index in [1.165, 1.54) is 15.5 Å². The quantitative estimate of drug-likeness (QED) is 0.399. The number of nitrogens with zero attached hydrogens (tertiary/aromatic N) is 3. The standard InChI is InChI=1S/C24H21Cl2N3O3S/c1-13-6-5-7-15(10-13)12-28-23-19(14(2)20(33-23)22(31)27(3)4)21(30)29(24(28)32)16-8-9-17(25)18(26)11-16/h5-11H,12H2,1-4H3. The maximum atomic E-state index is 13.7. The molecule has 6 nitrogen and oxygen atoms in total. The van der Waals surface area contributed by atoms with E-state index in [1.54, 1.807) is 33.2 Å². The van der Waals surface area contributed by atoms with Crippen LogP contribution in [-0.4, -0.2) is 34.0 Å². The Kier molecular flexibility index (Phi) is 6.22. The number of thiophene rings is 1. The van der Waals surface area contributed by atoms with Crippen molar-refractivity contribution in [2.45, 2.75) is 20.4 Å².